The number of piperidine rings is 1. The molecule has 3 heterocycles. The summed E-state index contributed by atoms with van der Waals surface area (Å²) in [5, 5.41) is 3.90. The lowest BCUT2D eigenvalue weighted by molar-refractivity contribution is -0.140. The number of rotatable bonds is 6. The molecule has 3 aliphatic rings. The van der Waals surface area contributed by atoms with E-state index in [4.69, 9.17) is 9.47 Å². The fourth-order valence-electron chi connectivity index (χ4n) is 4.97. The normalized spacial score (nSPS) is 27.0. The summed E-state index contributed by atoms with van der Waals surface area (Å²) >= 11 is 0. The quantitative estimate of drug-likeness (QED) is 0.831. The monoisotopic (exact) mass is 372 g/mol. The predicted octanol–water partition coefficient (Wildman–Crippen LogP) is 3.26. The molecule has 4 nitrogen and oxygen atoms in total. The van der Waals surface area contributed by atoms with E-state index >= 15 is 0 Å². The maximum Gasteiger partial charge on any atom is 0.0741 e. The zero-order valence-corrected chi connectivity index (χ0v) is 16.7. The van der Waals surface area contributed by atoms with Crippen LogP contribution < -0.4 is 5.32 Å². The van der Waals surface area contributed by atoms with Gasteiger partial charge in [-0.05, 0) is 76.1 Å². The molecule has 1 aromatic rings. The Morgan fingerprint density at radius 1 is 1.00 bits per heavy atom. The van der Waals surface area contributed by atoms with Crippen molar-refractivity contribution in [1.82, 2.24) is 10.2 Å². The van der Waals surface area contributed by atoms with E-state index in [1.165, 1.54) is 63.8 Å². The van der Waals surface area contributed by atoms with Crippen molar-refractivity contribution in [3.05, 3.63) is 35.9 Å². The average molecular weight is 373 g/mol. The lowest BCUT2D eigenvalue weighted by Crippen LogP contribution is -2.51. The first kappa shape index (κ1) is 19.4. The topological polar surface area (TPSA) is 33.7 Å². The minimum Gasteiger partial charge on any atom is -0.381 e. The van der Waals surface area contributed by atoms with Gasteiger partial charge in [-0.3, -0.25) is 0 Å². The SMILES string of the molecule is c1ccc(CCN2CCC(CNC3CCOC4(CCOCC4)C3)CC2)cc1. The molecule has 4 rings (SSSR count). The highest BCUT2D eigenvalue weighted by molar-refractivity contribution is 5.14. The molecule has 0 saturated carbocycles. The van der Waals surface area contributed by atoms with Gasteiger partial charge in [0.1, 0.15) is 0 Å². The molecule has 150 valence electrons. The molecule has 0 aromatic heterocycles. The van der Waals surface area contributed by atoms with Crippen LogP contribution in [0.4, 0.5) is 0 Å². The molecule has 0 radical (unpaired) electrons. The van der Waals surface area contributed by atoms with Crippen LogP contribution in [0, 0.1) is 5.92 Å². The predicted molar refractivity (Wildman–Crippen MR) is 109 cm³/mol. The second kappa shape index (κ2) is 9.51. The zero-order valence-electron chi connectivity index (χ0n) is 16.7. The van der Waals surface area contributed by atoms with Crippen LogP contribution in [-0.4, -0.2) is 62.5 Å². The summed E-state index contributed by atoms with van der Waals surface area (Å²) in [5.74, 6) is 0.839. The summed E-state index contributed by atoms with van der Waals surface area (Å²) < 4.78 is 11.7. The second-order valence-electron chi connectivity index (χ2n) is 8.76. The summed E-state index contributed by atoms with van der Waals surface area (Å²) in [6, 6.07) is 11.5. The molecule has 3 aliphatic heterocycles. The van der Waals surface area contributed by atoms with Crippen molar-refractivity contribution < 1.29 is 9.47 Å². The van der Waals surface area contributed by atoms with Gasteiger partial charge in [0.25, 0.3) is 0 Å². The average Bonchev–Trinajstić information content (AvgIpc) is 2.73. The highest BCUT2D eigenvalue weighted by Crippen LogP contribution is 2.34. The van der Waals surface area contributed by atoms with Crippen LogP contribution in [0.25, 0.3) is 0 Å². The van der Waals surface area contributed by atoms with Gasteiger partial charge in [-0.1, -0.05) is 30.3 Å². The standard InChI is InChI=1S/C23H36N2O2/c1-2-4-20(5-3-1)6-12-25-13-7-21(8-14-25)19-24-22-9-15-27-23(18-22)10-16-26-17-11-23/h1-5,21-22,24H,6-19H2. The summed E-state index contributed by atoms with van der Waals surface area (Å²) in [6.45, 7) is 7.55. The van der Waals surface area contributed by atoms with Crippen LogP contribution in [0.15, 0.2) is 30.3 Å². The van der Waals surface area contributed by atoms with Crippen molar-refractivity contribution in [2.24, 2.45) is 5.92 Å². The molecular weight excluding hydrogens is 336 g/mol. The van der Waals surface area contributed by atoms with E-state index in [1.54, 1.807) is 0 Å². The van der Waals surface area contributed by atoms with Crippen LogP contribution in [0.1, 0.15) is 44.1 Å². The first-order chi connectivity index (χ1) is 13.3. The van der Waals surface area contributed by atoms with Gasteiger partial charge in [0, 0.05) is 32.4 Å². The molecular formula is C23H36N2O2. The molecule has 0 aliphatic carbocycles. The zero-order chi connectivity index (χ0) is 18.4. The van der Waals surface area contributed by atoms with Gasteiger partial charge in [0.2, 0.25) is 0 Å². The third-order valence-corrected chi connectivity index (χ3v) is 6.86. The molecule has 27 heavy (non-hydrogen) atoms. The Hall–Kier alpha value is -0.940. The van der Waals surface area contributed by atoms with E-state index < -0.39 is 0 Å². The summed E-state index contributed by atoms with van der Waals surface area (Å²) in [4.78, 5) is 2.65. The first-order valence-corrected chi connectivity index (χ1v) is 11.0. The van der Waals surface area contributed by atoms with E-state index in [0.717, 1.165) is 38.6 Å². The fraction of sp³-hybridized carbons (Fsp3) is 0.739. The minimum absolute atomic E-state index is 0.106. The molecule has 3 fully saturated rings. The highest BCUT2D eigenvalue weighted by Gasteiger charge is 2.39. The molecule has 3 saturated heterocycles. The molecule has 1 N–H and O–H groups in total. The number of likely N-dealkylation sites (tertiary alicyclic amines) is 1. The van der Waals surface area contributed by atoms with Crippen LogP contribution >= 0.6 is 0 Å². The fourth-order valence-corrected chi connectivity index (χ4v) is 4.97. The summed E-state index contributed by atoms with van der Waals surface area (Å²) in [7, 11) is 0. The van der Waals surface area contributed by atoms with Gasteiger partial charge >= 0.3 is 0 Å². The highest BCUT2D eigenvalue weighted by atomic mass is 16.5. The van der Waals surface area contributed by atoms with E-state index in [9.17, 15) is 0 Å². The Morgan fingerprint density at radius 2 is 1.78 bits per heavy atom. The van der Waals surface area contributed by atoms with Crippen LogP contribution in [0.3, 0.4) is 0 Å². The van der Waals surface area contributed by atoms with Crippen LogP contribution in [-0.2, 0) is 15.9 Å². The van der Waals surface area contributed by atoms with Crippen LogP contribution in [0.5, 0.6) is 0 Å². The van der Waals surface area contributed by atoms with Crippen molar-refractivity contribution in [2.75, 3.05) is 46.0 Å². The number of ether oxygens (including phenoxy) is 2. The number of nitrogens with zero attached hydrogens (tertiary/aromatic N) is 1. The van der Waals surface area contributed by atoms with Crippen molar-refractivity contribution >= 4 is 0 Å². The molecule has 0 amide bonds. The molecule has 4 heteroatoms. The number of hydrogen-bond donors (Lipinski definition) is 1. The Kier molecular flexibility index (Phi) is 6.82. The Morgan fingerprint density at radius 3 is 2.56 bits per heavy atom. The van der Waals surface area contributed by atoms with Crippen molar-refractivity contribution in [1.29, 1.82) is 0 Å². The second-order valence-corrected chi connectivity index (χ2v) is 8.76. The van der Waals surface area contributed by atoms with E-state index in [1.807, 2.05) is 0 Å². The first-order valence-electron chi connectivity index (χ1n) is 11.0. The van der Waals surface area contributed by atoms with Crippen LogP contribution in [0.2, 0.25) is 0 Å². The Bertz CT molecular complexity index is 545. The van der Waals surface area contributed by atoms with E-state index in [0.29, 0.717) is 6.04 Å². The van der Waals surface area contributed by atoms with Gasteiger partial charge < -0.3 is 19.7 Å². The lowest BCUT2D eigenvalue weighted by atomic mass is 9.84. The number of benzene rings is 1. The van der Waals surface area contributed by atoms with Crippen molar-refractivity contribution in [3.63, 3.8) is 0 Å². The van der Waals surface area contributed by atoms with Gasteiger partial charge in [-0.2, -0.15) is 0 Å². The summed E-state index contributed by atoms with van der Waals surface area (Å²) in [5.41, 5.74) is 1.57. The van der Waals surface area contributed by atoms with Gasteiger partial charge in [-0.25, -0.2) is 0 Å². The molecule has 1 spiro atoms. The Balaban J connectivity index is 1.14. The molecule has 0 bridgehead atoms. The maximum absolute atomic E-state index is 6.18. The number of hydrogen-bond acceptors (Lipinski definition) is 4. The van der Waals surface area contributed by atoms with Crippen molar-refractivity contribution in [2.45, 2.75) is 56.6 Å². The molecule has 1 atom stereocenters. The molecule has 1 aromatic carbocycles. The van der Waals surface area contributed by atoms with Gasteiger partial charge in [-0.15, -0.1) is 0 Å². The third-order valence-electron chi connectivity index (χ3n) is 6.86. The van der Waals surface area contributed by atoms with E-state index in [-0.39, 0.29) is 5.60 Å². The maximum atomic E-state index is 6.18. The largest absolute Gasteiger partial charge is 0.381 e. The molecule has 1 unspecified atom stereocenters. The van der Waals surface area contributed by atoms with Crippen molar-refractivity contribution in [3.8, 4) is 0 Å². The summed E-state index contributed by atoms with van der Waals surface area (Å²) in [6.07, 6.45) is 8.34. The lowest BCUT2D eigenvalue weighted by Gasteiger charge is -2.44. The van der Waals surface area contributed by atoms with Gasteiger partial charge in [0.05, 0.1) is 5.60 Å². The van der Waals surface area contributed by atoms with E-state index in [2.05, 4.69) is 40.5 Å². The van der Waals surface area contributed by atoms with Gasteiger partial charge in [0.15, 0.2) is 0 Å². The Labute approximate surface area is 164 Å². The third kappa shape index (κ3) is 5.54. The minimum atomic E-state index is 0.106. The smallest absolute Gasteiger partial charge is 0.0741 e. The number of nitrogens with one attached hydrogen (secondary N) is 1.